The monoisotopic (exact) mass is 244 g/mol. The largest absolute Gasteiger partial charge is 0.377 e. The lowest BCUT2D eigenvalue weighted by atomic mass is 9.94. The number of nitriles is 1. The van der Waals surface area contributed by atoms with Gasteiger partial charge in [0.1, 0.15) is 0 Å². The van der Waals surface area contributed by atoms with Crippen molar-refractivity contribution in [2.24, 2.45) is 0 Å². The first-order valence-electron chi connectivity index (χ1n) is 6.42. The Balaban J connectivity index is 1.98. The average molecular weight is 244 g/mol. The summed E-state index contributed by atoms with van der Waals surface area (Å²) in [6.45, 7) is 5.21. The van der Waals surface area contributed by atoms with Gasteiger partial charge in [-0.1, -0.05) is 12.1 Å². The maximum absolute atomic E-state index is 8.77. The number of likely N-dealkylation sites (tertiary alicyclic amines) is 1. The van der Waals surface area contributed by atoms with Crippen LogP contribution in [0.2, 0.25) is 0 Å². The van der Waals surface area contributed by atoms with Gasteiger partial charge in [0, 0.05) is 20.2 Å². The van der Waals surface area contributed by atoms with E-state index in [2.05, 4.69) is 17.9 Å². The third-order valence-electron chi connectivity index (χ3n) is 3.72. The molecule has 0 spiro atoms. The van der Waals surface area contributed by atoms with E-state index < -0.39 is 0 Å². The van der Waals surface area contributed by atoms with Crippen LogP contribution in [-0.4, -0.2) is 30.7 Å². The molecule has 1 unspecified atom stereocenters. The minimum atomic E-state index is -0.00908. The molecule has 0 aliphatic carbocycles. The van der Waals surface area contributed by atoms with E-state index in [9.17, 15) is 0 Å². The van der Waals surface area contributed by atoms with Crippen molar-refractivity contribution in [3.63, 3.8) is 0 Å². The lowest BCUT2D eigenvalue weighted by Crippen LogP contribution is -2.46. The van der Waals surface area contributed by atoms with E-state index >= 15 is 0 Å². The molecule has 96 valence electrons. The number of nitrogens with zero attached hydrogens (tertiary/aromatic N) is 2. The Morgan fingerprint density at radius 3 is 2.72 bits per heavy atom. The third kappa shape index (κ3) is 3.10. The van der Waals surface area contributed by atoms with Crippen LogP contribution in [0, 0.1) is 11.3 Å². The summed E-state index contributed by atoms with van der Waals surface area (Å²) < 4.78 is 5.60. The molecule has 0 amide bonds. The number of hydrogen-bond donors (Lipinski definition) is 0. The van der Waals surface area contributed by atoms with Crippen LogP contribution in [0.4, 0.5) is 0 Å². The number of ether oxygens (including phenoxy) is 1. The van der Waals surface area contributed by atoms with Gasteiger partial charge in [0.15, 0.2) is 0 Å². The zero-order chi connectivity index (χ0) is 13.0. The van der Waals surface area contributed by atoms with Crippen molar-refractivity contribution in [1.29, 1.82) is 5.26 Å². The standard InChI is InChI=1S/C15H20N2O/c1-15(18-2)8-3-9-17(12-15)11-14-6-4-13(10-16)5-7-14/h4-7H,3,8-9,11-12H2,1-2H3. The lowest BCUT2D eigenvalue weighted by molar-refractivity contribution is -0.0527. The van der Waals surface area contributed by atoms with Gasteiger partial charge in [0.2, 0.25) is 0 Å². The average Bonchev–Trinajstić information content (AvgIpc) is 2.40. The van der Waals surface area contributed by atoms with Gasteiger partial charge in [-0.25, -0.2) is 0 Å². The second-order valence-electron chi connectivity index (χ2n) is 5.28. The van der Waals surface area contributed by atoms with Crippen LogP contribution in [-0.2, 0) is 11.3 Å². The third-order valence-corrected chi connectivity index (χ3v) is 3.72. The smallest absolute Gasteiger partial charge is 0.0991 e. The Morgan fingerprint density at radius 1 is 1.39 bits per heavy atom. The molecule has 1 fully saturated rings. The second kappa shape index (κ2) is 5.51. The fourth-order valence-electron chi connectivity index (χ4n) is 2.55. The molecule has 3 nitrogen and oxygen atoms in total. The Bertz CT molecular complexity index is 435. The van der Waals surface area contributed by atoms with Crippen molar-refractivity contribution in [3.05, 3.63) is 35.4 Å². The summed E-state index contributed by atoms with van der Waals surface area (Å²) in [6, 6.07) is 9.99. The highest BCUT2D eigenvalue weighted by Crippen LogP contribution is 2.24. The van der Waals surface area contributed by atoms with Crippen LogP contribution < -0.4 is 0 Å². The summed E-state index contributed by atoms with van der Waals surface area (Å²) in [5.41, 5.74) is 1.97. The molecular formula is C15H20N2O. The van der Waals surface area contributed by atoms with Gasteiger partial charge in [0.25, 0.3) is 0 Å². The molecule has 1 aliphatic heterocycles. The molecule has 0 N–H and O–H groups in total. The van der Waals surface area contributed by atoms with Crippen molar-refractivity contribution in [2.45, 2.75) is 31.9 Å². The van der Waals surface area contributed by atoms with Crippen LogP contribution in [0.5, 0.6) is 0 Å². The highest BCUT2D eigenvalue weighted by Gasteiger charge is 2.30. The molecule has 0 bridgehead atoms. The molecule has 3 heteroatoms. The van der Waals surface area contributed by atoms with Gasteiger partial charge in [-0.3, -0.25) is 4.90 Å². The fourth-order valence-corrected chi connectivity index (χ4v) is 2.55. The molecule has 1 heterocycles. The minimum Gasteiger partial charge on any atom is -0.377 e. The minimum absolute atomic E-state index is 0.00908. The number of hydrogen-bond acceptors (Lipinski definition) is 3. The van der Waals surface area contributed by atoms with Gasteiger partial charge in [0.05, 0.1) is 17.2 Å². The van der Waals surface area contributed by atoms with E-state index in [0.717, 1.165) is 31.6 Å². The molecule has 1 aliphatic rings. The van der Waals surface area contributed by atoms with Crippen LogP contribution in [0.1, 0.15) is 30.9 Å². The van der Waals surface area contributed by atoms with Gasteiger partial charge >= 0.3 is 0 Å². The van der Waals surface area contributed by atoms with E-state index in [4.69, 9.17) is 10.00 Å². The zero-order valence-corrected chi connectivity index (χ0v) is 11.1. The SMILES string of the molecule is COC1(C)CCCN(Cc2ccc(C#N)cc2)C1. The first-order valence-corrected chi connectivity index (χ1v) is 6.42. The van der Waals surface area contributed by atoms with E-state index in [-0.39, 0.29) is 5.60 Å². The van der Waals surface area contributed by atoms with Crippen molar-refractivity contribution < 1.29 is 4.74 Å². The summed E-state index contributed by atoms with van der Waals surface area (Å²) in [5.74, 6) is 0. The first kappa shape index (κ1) is 13.1. The van der Waals surface area contributed by atoms with Gasteiger partial charge in [-0.05, 0) is 44.0 Å². The van der Waals surface area contributed by atoms with Crippen molar-refractivity contribution in [1.82, 2.24) is 4.90 Å². The molecule has 0 aromatic heterocycles. The summed E-state index contributed by atoms with van der Waals surface area (Å²) in [7, 11) is 1.80. The van der Waals surface area contributed by atoms with E-state index in [1.54, 1.807) is 7.11 Å². The number of methoxy groups -OCH3 is 1. The van der Waals surface area contributed by atoms with Gasteiger partial charge in [-0.15, -0.1) is 0 Å². The second-order valence-corrected chi connectivity index (χ2v) is 5.28. The summed E-state index contributed by atoms with van der Waals surface area (Å²) >= 11 is 0. The van der Waals surface area contributed by atoms with Crippen molar-refractivity contribution >= 4 is 0 Å². The van der Waals surface area contributed by atoms with Crippen LogP contribution in [0.3, 0.4) is 0 Å². The predicted octanol–water partition coefficient (Wildman–Crippen LogP) is 2.56. The lowest BCUT2D eigenvalue weighted by Gasteiger charge is -2.39. The highest BCUT2D eigenvalue weighted by atomic mass is 16.5. The van der Waals surface area contributed by atoms with Crippen molar-refractivity contribution in [2.75, 3.05) is 20.2 Å². The summed E-state index contributed by atoms with van der Waals surface area (Å²) in [6.07, 6.45) is 2.31. The van der Waals surface area contributed by atoms with Gasteiger partial charge < -0.3 is 4.74 Å². The molecule has 1 aromatic carbocycles. The molecular weight excluding hydrogens is 224 g/mol. The van der Waals surface area contributed by atoms with Gasteiger partial charge in [-0.2, -0.15) is 5.26 Å². The fraction of sp³-hybridized carbons (Fsp3) is 0.533. The molecule has 0 saturated carbocycles. The quantitative estimate of drug-likeness (QED) is 0.820. The predicted molar refractivity (Wildman–Crippen MR) is 71.1 cm³/mol. The topological polar surface area (TPSA) is 36.3 Å². The Morgan fingerprint density at radius 2 is 2.11 bits per heavy atom. The maximum atomic E-state index is 8.77. The molecule has 1 aromatic rings. The normalized spacial score (nSPS) is 24.7. The number of benzene rings is 1. The van der Waals surface area contributed by atoms with E-state index in [1.807, 2.05) is 24.3 Å². The maximum Gasteiger partial charge on any atom is 0.0991 e. The highest BCUT2D eigenvalue weighted by molar-refractivity contribution is 5.31. The Hall–Kier alpha value is -1.37. The molecule has 1 saturated heterocycles. The Labute approximate surface area is 109 Å². The number of rotatable bonds is 3. The molecule has 0 radical (unpaired) electrons. The Kier molecular flexibility index (Phi) is 4.00. The summed E-state index contributed by atoms with van der Waals surface area (Å²) in [4.78, 5) is 2.42. The van der Waals surface area contributed by atoms with Crippen LogP contribution in [0.25, 0.3) is 0 Å². The van der Waals surface area contributed by atoms with Crippen molar-refractivity contribution in [3.8, 4) is 6.07 Å². The summed E-state index contributed by atoms with van der Waals surface area (Å²) in [5, 5.41) is 8.77. The first-order chi connectivity index (χ1) is 8.65. The molecule has 2 rings (SSSR count). The van der Waals surface area contributed by atoms with Crippen LogP contribution in [0.15, 0.2) is 24.3 Å². The number of piperidine rings is 1. The van der Waals surface area contributed by atoms with E-state index in [1.165, 1.54) is 12.0 Å². The van der Waals surface area contributed by atoms with E-state index in [0.29, 0.717) is 0 Å². The molecule has 1 atom stereocenters. The zero-order valence-electron chi connectivity index (χ0n) is 11.1. The van der Waals surface area contributed by atoms with Crippen LogP contribution >= 0.6 is 0 Å². The molecule has 18 heavy (non-hydrogen) atoms.